The van der Waals surface area contributed by atoms with E-state index < -0.39 is 10.0 Å². The molecule has 1 heterocycles. The second-order valence-electron chi connectivity index (χ2n) is 7.23. The molecule has 1 amide bonds. The maximum Gasteiger partial charge on any atom is 0.217 e. The van der Waals surface area contributed by atoms with Crippen molar-refractivity contribution in [3.05, 3.63) is 0 Å². The average molecular weight is 302 g/mol. The van der Waals surface area contributed by atoms with Crippen LogP contribution in [0.4, 0.5) is 0 Å². The zero-order chi connectivity index (χ0) is 15.0. The number of carbonyl (C=O) groups excluding carboxylic acids is 1. The Balaban J connectivity index is 1.81. The summed E-state index contributed by atoms with van der Waals surface area (Å²) in [6.07, 6.45) is 3.89. The summed E-state index contributed by atoms with van der Waals surface area (Å²) in [4.78, 5) is 10.9. The normalized spacial score (nSPS) is 25.3. The van der Waals surface area contributed by atoms with Crippen LogP contribution in [0.3, 0.4) is 0 Å². The van der Waals surface area contributed by atoms with Crippen molar-refractivity contribution < 1.29 is 13.2 Å². The number of piperidine rings is 1. The second kappa shape index (κ2) is 5.64. The Hall–Kier alpha value is -0.620. The van der Waals surface area contributed by atoms with Crippen molar-refractivity contribution in [1.29, 1.82) is 0 Å². The molecule has 0 aromatic heterocycles. The average Bonchev–Trinajstić information content (AvgIpc) is 2.25. The second-order valence-corrected chi connectivity index (χ2v) is 9.24. The Labute approximate surface area is 121 Å². The zero-order valence-corrected chi connectivity index (χ0v) is 13.3. The quantitative estimate of drug-likeness (QED) is 0.832. The summed E-state index contributed by atoms with van der Waals surface area (Å²) in [5.74, 6) is 0.569. The Kier molecular flexibility index (Phi) is 4.44. The van der Waals surface area contributed by atoms with Gasteiger partial charge in [-0.15, -0.1) is 0 Å². The van der Waals surface area contributed by atoms with Crippen molar-refractivity contribution in [3.63, 3.8) is 0 Å². The third-order valence-corrected chi connectivity index (χ3v) is 6.63. The van der Waals surface area contributed by atoms with E-state index in [-0.39, 0.29) is 17.6 Å². The minimum Gasteiger partial charge on any atom is -0.370 e. The molecule has 2 N–H and O–H groups in total. The Morgan fingerprint density at radius 1 is 1.20 bits per heavy atom. The highest BCUT2D eigenvalue weighted by atomic mass is 32.2. The van der Waals surface area contributed by atoms with Crippen LogP contribution in [-0.4, -0.2) is 37.5 Å². The number of amides is 1. The van der Waals surface area contributed by atoms with Crippen LogP contribution >= 0.6 is 0 Å². The first kappa shape index (κ1) is 15.8. The molecule has 20 heavy (non-hydrogen) atoms. The van der Waals surface area contributed by atoms with Crippen LogP contribution in [0.15, 0.2) is 0 Å². The molecule has 0 aromatic rings. The smallest absolute Gasteiger partial charge is 0.217 e. The molecule has 1 saturated carbocycles. The molecule has 116 valence electrons. The van der Waals surface area contributed by atoms with Gasteiger partial charge in [0.25, 0.3) is 0 Å². The SMILES string of the molecule is CC1(C)CC(CS(=O)(=O)N2CCC(CC(N)=O)CC2)C1. The van der Waals surface area contributed by atoms with Gasteiger partial charge in [0.15, 0.2) is 0 Å². The summed E-state index contributed by atoms with van der Waals surface area (Å²) in [7, 11) is -3.13. The molecule has 0 atom stereocenters. The summed E-state index contributed by atoms with van der Waals surface area (Å²) in [5, 5.41) is 0. The molecule has 5 nitrogen and oxygen atoms in total. The first-order valence-electron chi connectivity index (χ1n) is 7.44. The summed E-state index contributed by atoms with van der Waals surface area (Å²) >= 11 is 0. The summed E-state index contributed by atoms with van der Waals surface area (Å²) < 4.78 is 26.3. The zero-order valence-electron chi connectivity index (χ0n) is 12.5. The molecule has 0 radical (unpaired) electrons. The number of primary amides is 1. The van der Waals surface area contributed by atoms with E-state index >= 15 is 0 Å². The topological polar surface area (TPSA) is 80.5 Å². The minimum atomic E-state index is -3.13. The van der Waals surface area contributed by atoms with Crippen LogP contribution < -0.4 is 5.73 Å². The van der Waals surface area contributed by atoms with Crippen molar-refractivity contribution in [3.8, 4) is 0 Å². The molecule has 0 bridgehead atoms. The van der Waals surface area contributed by atoms with Gasteiger partial charge in [-0.05, 0) is 42.9 Å². The van der Waals surface area contributed by atoms with E-state index in [2.05, 4.69) is 13.8 Å². The van der Waals surface area contributed by atoms with Crippen molar-refractivity contribution in [2.75, 3.05) is 18.8 Å². The lowest BCUT2D eigenvalue weighted by molar-refractivity contribution is -0.119. The van der Waals surface area contributed by atoms with Crippen LogP contribution in [0.1, 0.15) is 46.0 Å². The van der Waals surface area contributed by atoms with Crippen molar-refractivity contribution in [1.82, 2.24) is 4.31 Å². The molecule has 2 aliphatic rings. The number of rotatable bonds is 5. The number of hydrogen-bond donors (Lipinski definition) is 1. The van der Waals surface area contributed by atoms with E-state index in [9.17, 15) is 13.2 Å². The molecular weight excluding hydrogens is 276 g/mol. The van der Waals surface area contributed by atoms with Gasteiger partial charge in [0, 0.05) is 19.5 Å². The fourth-order valence-corrected chi connectivity index (χ4v) is 5.51. The summed E-state index contributed by atoms with van der Waals surface area (Å²) in [6.45, 7) is 5.45. The van der Waals surface area contributed by atoms with Gasteiger partial charge in [0.2, 0.25) is 15.9 Å². The van der Waals surface area contributed by atoms with E-state index in [4.69, 9.17) is 5.73 Å². The van der Waals surface area contributed by atoms with Gasteiger partial charge in [-0.25, -0.2) is 12.7 Å². The van der Waals surface area contributed by atoms with Crippen molar-refractivity contribution in [2.24, 2.45) is 23.0 Å². The fraction of sp³-hybridized carbons (Fsp3) is 0.929. The van der Waals surface area contributed by atoms with E-state index in [1.165, 1.54) is 0 Å². The molecule has 2 rings (SSSR count). The molecule has 2 fully saturated rings. The standard InChI is InChI=1S/C14H26N2O3S/c1-14(2)8-12(9-14)10-20(18,19)16-5-3-11(4-6-16)7-13(15)17/h11-12H,3-10H2,1-2H3,(H2,15,17). The van der Waals surface area contributed by atoms with Gasteiger partial charge < -0.3 is 5.73 Å². The van der Waals surface area contributed by atoms with Gasteiger partial charge in [0.1, 0.15) is 0 Å². The predicted molar refractivity (Wildman–Crippen MR) is 78.4 cm³/mol. The predicted octanol–water partition coefficient (Wildman–Crippen LogP) is 1.34. The van der Waals surface area contributed by atoms with Crippen LogP contribution in [-0.2, 0) is 14.8 Å². The van der Waals surface area contributed by atoms with E-state index in [1.807, 2.05) is 0 Å². The molecule has 0 aromatic carbocycles. The van der Waals surface area contributed by atoms with Crippen molar-refractivity contribution in [2.45, 2.75) is 46.0 Å². The molecule has 0 spiro atoms. The lowest BCUT2D eigenvalue weighted by Crippen LogP contribution is -2.44. The highest BCUT2D eigenvalue weighted by molar-refractivity contribution is 7.89. The van der Waals surface area contributed by atoms with Crippen LogP contribution in [0.5, 0.6) is 0 Å². The Bertz CT molecular complexity index is 457. The molecular formula is C14H26N2O3S. The lowest BCUT2D eigenvalue weighted by atomic mass is 9.65. The first-order chi connectivity index (χ1) is 9.18. The van der Waals surface area contributed by atoms with E-state index in [0.29, 0.717) is 30.8 Å². The number of sulfonamides is 1. The molecule has 6 heteroatoms. The number of carbonyl (C=O) groups is 1. The van der Waals surface area contributed by atoms with Crippen LogP contribution in [0.25, 0.3) is 0 Å². The number of hydrogen-bond acceptors (Lipinski definition) is 3. The van der Waals surface area contributed by atoms with Crippen LogP contribution in [0.2, 0.25) is 0 Å². The van der Waals surface area contributed by atoms with Gasteiger partial charge >= 0.3 is 0 Å². The number of nitrogens with zero attached hydrogens (tertiary/aromatic N) is 1. The largest absolute Gasteiger partial charge is 0.370 e. The first-order valence-corrected chi connectivity index (χ1v) is 9.05. The minimum absolute atomic E-state index is 0.251. The summed E-state index contributed by atoms with van der Waals surface area (Å²) in [6, 6.07) is 0. The molecule has 1 aliphatic carbocycles. The van der Waals surface area contributed by atoms with Crippen molar-refractivity contribution >= 4 is 15.9 Å². The monoisotopic (exact) mass is 302 g/mol. The molecule has 1 saturated heterocycles. The molecule has 1 aliphatic heterocycles. The van der Waals surface area contributed by atoms with Gasteiger partial charge in [-0.3, -0.25) is 4.79 Å². The highest BCUT2D eigenvalue weighted by Crippen LogP contribution is 2.45. The van der Waals surface area contributed by atoms with E-state index in [1.54, 1.807) is 4.31 Å². The molecule has 0 unspecified atom stereocenters. The highest BCUT2D eigenvalue weighted by Gasteiger charge is 2.40. The summed E-state index contributed by atoms with van der Waals surface area (Å²) in [5.41, 5.74) is 5.50. The Morgan fingerprint density at radius 2 is 1.75 bits per heavy atom. The maximum atomic E-state index is 12.4. The lowest BCUT2D eigenvalue weighted by Gasteiger charge is -2.43. The fourth-order valence-electron chi connectivity index (χ4n) is 3.70. The number of nitrogens with two attached hydrogens (primary N) is 1. The van der Waals surface area contributed by atoms with Gasteiger partial charge in [0.05, 0.1) is 5.75 Å². The maximum absolute atomic E-state index is 12.4. The third kappa shape index (κ3) is 3.95. The Morgan fingerprint density at radius 3 is 2.20 bits per heavy atom. The van der Waals surface area contributed by atoms with E-state index in [0.717, 1.165) is 25.7 Å². The van der Waals surface area contributed by atoms with Gasteiger partial charge in [-0.2, -0.15) is 0 Å². The van der Waals surface area contributed by atoms with Gasteiger partial charge in [-0.1, -0.05) is 13.8 Å². The van der Waals surface area contributed by atoms with Crippen LogP contribution in [0, 0.1) is 17.3 Å². The third-order valence-electron chi connectivity index (χ3n) is 4.59.